The molecule has 0 amide bonds. The first-order chi connectivity index (χ1) is 9.08. The monoisotopic (exact) mass is 257 g/mol. The van der Waals surface area contributed by atoms with Crippen molar-refractivity contribution in [1.29, 1.82) is 0 Å². The molecule has 0 atom stereocenters. The molecule has 5 nitrogen and oxygen atoms in total. The summed E-state index contributed by atoms with van der Waals surface area (Å²) in [5, 5.41) is 4.25. The molecule has 0 unspecified atom stereocenters. The van der Waals surface area contributed by atoms with E-state index in [9.17, 15) is 0 Å². The highest BCUT2D eigenvalue weighted by molar-refractivity contribution is 5.70. The quantitative estimate of drug-likeness (QED) is 0.853. The molecule has 0 saturated heterocycles. The SMILES string of the molecule is C#CCn1c(C(C)C)nc(-c2cnn(CC)c2)c1N. The van der Waals surface area contributed by atoms with Crippen LogP contribution in [0, 0.1) is 12.3 Å². The highest BCUT2D eigenvalue weighted by Gasteiger charge is 2.18. The Bertz CT molecular complexity index is 612. The van der Waals surface area contributed by atoms with Crippen molar-refractivity contribution < 1.29 is 0 Å². The summed E-state index contributed by atoms with van der Waals surface area (Å²) in [4.78, 5) is 4.63. The van der Waals surface area contributed by atoms with Crippen LogP contribution in [0.1, 0.15) is 32.5 Å². The number of nitrogens with zero attached hydrogens (tertiary/aromatic N) is 4. The maximum atomic E-state index is 6.18. The van der Waals surface area contributed by atoms with Crippen molar-refractivity contribution in [2.24, 2.45) is 0 Å². The van der Waals surface area contributed by atoms with Crippen LogP contribution >= 0.6 is 0 Å². The number of anilines is 1. The maximum Gasteiger partial charge on any atom is 0.132 e. The molecule has 0 bridgehead atoms. The molecule has 0 spiro atoms. The number of nitrogens with two attached hydrogens (primary N) is 1. The van der Waals surface area contributed by atoms with Gasteiger partial charge in [-0.2, -0.15) is 5.10 Å². The fraction of sp³-hybridized carbons (Fsp3) is 0.429. The predicted molar refractivity (Wildman–Crippen MR) is 76.5 cm³/mol. The van der Waals surface area contributed by atoms with Gasteiger partial charge in [-0.25, -0.2) is 4.98 Å². The zero-order valence-electron chi connectivity index (χ0n) is 11.6. The molecule has 100 valence electrons. The molecule has 2 aromatic rings. The lowest BCUT2D eigenvalue weighted by molar-refractivity contribution is 0.660. The summed E-state index contributed by atoms with van der Waals surface area (Å²) >= 11 is 0. The van der Waals surface area contributed by atoms with E-state index >= 15 is 0 Å². The molecule has 0 aromatic carbocycles. The number of terminal acetylenes is 1. The smallest absolute Gasteiger partial charge is 0.132 e. The summed E-state index contributed by atoms with van der Waals surface area (Å²) in [7, 11) is 0. The van der Waals surface area contributed by atoms with Crippen LogP contribution in [0.5, 0.6) is 0 Å². The van der Waals surface area contributed by atoms with E-state index in [4.69, 9.17) is 12.2 Å². The van der Waals surface area contributed by atoms with E-state index in [1.54, 1.807) is 6.20 Å². The first-order valence-corrected chi connectivity index (χ1v) is 6.40. The molecule has 2 aromatic heterocycles. The first kappa shape index (κ1) is 13.2. The minimum absolute atomic E-state index is 0.269. The molecular weight excluding hydrogens is 238 g/mol. The van der Waals surface area contributed by atoms with Crippen molar-refractivity contribution in [2.75, 3.05) is 5.73 Å². The van der Waals surface area contributed by atoms with E-state index in [1.807, 2.05) is 22.4 Å². The summed E-state index contributed by atoms with van der Waals surface area (Å²) in [5.74, 6) is 4.41. The molecule has 0 fully saturated rings. The van der Waals surface area contributed by atoms with Gasteiger partial charge < -0.3 is 10.3 Å². The highest BCUT2D eigenvalue weighted by atomic mass is 15.3. The molecule has 5 heteroatoms. The largest absolute Gasteiger partial charge is 0.383 e. The topological polar surface area (TPSA) is 61.7 Å². The molecule has 2 heterocycles. The Morgan fingerprint density at radius 3 is 2.74 bits per heavy atom. The third kappa shape index (κ3) is 2.34. The number of nitrogen functional groups attached to an aromatic ring is 1. The van der Waals surface area contributed by atoms with Crippen molar-refractivity contribution in [2.45, 2.75) is 39.8 Å². The Hall–Kier alpha value is -2.22. The highest BCUT2D eigenvalue weighted by Crippen LogP contribution is 2.28. The van der Waals surface area contributed by atoms with Crippen LogP contribution in [0.25, 0.3) is 11.3 Å². The first-order valence-electron chi connectivity index (χ1n) is 6.40. The second kappa shape index (κ2) is 5.19. The minimum Gasteiger partial charge on any atom is -0.383 e. The molecule has 0 radical (unpaired) electrons. The molecule has 0 aliphatic carbocycles. The number of imidazole rings is 1. The van der Waals surface area contributed by atoms with Crippen LogP contribution in [0.4, 0.5) is 5.82 Å². The van der Waals surface area contributed by atoms with E-state index < -0.39 is 0 Å². The summed E-state index contributed by atoms with van der Waals surface area (Å²) in [5.41, 5.74) is 7.87. The predicted octanol–water partition coefficient (Wildman–Crippen LogP) is 2.11. The number of hydrogen-bond acceptors (Lipinski definition) is 3. The summed E-state index contributed by atoms with van der Waals surface area (Å²) in [6, 6.07) is 0. The number of aromatic nitrogens is 4. The van der Waals surface area contributed by atoms with Crippen LogP contribution in [0.15, 0.2) is 12.4 Å². The van der Waals surface area contributed by atoms with E-state index in [0.717, 1.165) is 23.6 Å². The maximum absolute atomic E-state index is 6.18. The van der Waals surface area contributed by atoms with Gasteiger partial charge in [0.2, 0.25) is 0 Å². The molecule has 0 aliphatic rings. The van der Waals surface area contributed by atoms with Crippen molar-refractivity contribution in [3.63, 3.8) is 0 Å². The summed E-state index contributed by atoms with van der Waals surface area (Å²) in [6.07, 6.45) is 9.13. The zero-order chi connectivity index (χ0) is 14.0. The van der Waals surface area contributed by atoms with Gasteiger partial charge in [0.05, 0.1) is 12.7 Å². The molecule has 2 rings (SSSR count). The van der Waals surface area contributed by atoms with Crippen molar-refractivity contribution >= 4 is 5.82 Å². The second-order valence-corrected chi connectivity index (χ2v) is 4.73. The Balaban J connectivity index is 2.52. The van der Waals surface area contributed by atoms with Gasteiger partial charge in [0.15, 0.2) is 0 Å². The van der Waals surface area contributed by atoms with Crippen molar-refractivity contribution in [3.8, 4) is 23.6 Å². The Labute approximate surface area is 113 Å². The average molecular weight is 257 g/mol. The van der Waals surface area contributed by atoms with Gasteiger partial charge in [0.1, 0.15) is 17.3 Å². The van der Waals surface area contributed by atoms with Gasteiger partial charge in [-0.05, 0) is 6.92 Å². The molecule has 0 saturated carbocycles. The van der Waals surface area contributed by atoms with Gasteiger partial charge in [-0.15, -0.1) is 6.42 Å². The lowest BCUT2D eigenvalue weighted by atomic mass is 10.2. The Kier molecular flexibility index (Phi) is 3.61. The van der Waals surface area contributed by atoms with Crippen LogP contribution in [-0.2, 0) is 13.1 Å². The molecular formula is C14H19N5. The van der Waals surface area contributed by atoms with Gasteiger partial charge in [0.25, 0.3) is 0 Å². The van der Waals surface area contributed by atoms with E-state index in [-0.39, 0.29) is 5.92 Å². The number of aryl methyl sites for hydroxylation is 1. The second-order valence-electron chi connectivity index (χ2n) is 4.73. The summed E-state index contributed by atoms with van der Waals surface area (Å²) in [6.45, 7) is 7.45. The number of hydrogen-bond donors (Lipinski definition) is 1. The minimum atomic E-state index is 0.269. The lowest BCUT2D eigenvalue weighted by Gasteiger charge is -2.07. The van der Waals surface area contributed by atoms with Crippen molar-refractivity contribution in [3.05, 3.63) is 18.2 Å². The van der Waals surface area contributed by atoms with E-state index in [2.05, 4.69) is 29.9 Å². The summed E-state index contributed by atoms with van der Waals surface area (Å²) < 4.78 is 3.74. The van der Waals surface area contributed by atoms with Crippen LogP contribution < -0.4 is 5.73 Å². The van der Waals surface area contributed by atoms with Gasteiger partial charge >= 0.3 is 0 Å². The average Bonchev–Trinajstić information content (AvgIpc) is 2.96. The molecule has 19 heavy (non-hydrogen) atoms. The van der Waals surface area contributed by atoms with Gasteiger partial charge in [-0.1, -0.05) is 19.8 Å². The Morgan fingerprint density at radius 2 is 2.21 bits per heavy atom. The normalized spacial score (nSPS) is 10.9. The van der Waals surface area contributed by atoms with Crippen LogP contribution in [0.2, 0.25) is 0 Å². The number of rotatable bonds is 4. The molecule has 2 N–H and O–H groups in total. The molecule has 0 aliphatic heterocycles. The fourth-order valence-corrected chi connectivity index (χ4v) is 2.05. The van der Waals surface area contributed by atoms with Crippen molar-refractivity contribution in [1.82, 2.24) is 19.3 Å². The van der Waals surface area contributed by atoms with Crippen LogP contribution in [-0.4, -0.2) is 19.3 Å². The van der Waals surface area contributed by atoms with Gasteiger partial charge in [0, 0.05) is 24.2 Å². The van der Waals surface area contributed by atoms with Gasteiger partial charge in [-0.3, -0.25) is 4.68 Å². The fourth-order valence-electron chi connectivity index (χ4n) is 2.05. The Morgan fingerprint density at radius 1 is 1.47 bits per heavy atom. The third-order valence-corrected chi connectivity index (χ3v) is 3.03. The zero-order valence-corrected chi connectivity index (χ0v) is 11.6. The van der Waals surface area contributed by atoms with E-state index in [0.29, 0.717) is 12.4 Å². The standard InChI is InChI=1S/C14H19N5/c1-5-7-19-13(15)12(17-14(19)10(3)4)11-8-16-18(6-2)9-11/h1,8-10H,6-7,15H2,2-4H3. The van der Waals surface area contributed by atoms with Crippen LogP contribution in [0.3, 0.4) is 0 Å². The van der Waals surface area contributed by atoms with E-state index in [1.165, 1.54) is 0 Å². The lowest BCUT2D eigenvalue weighted by Crippen LogP contribution is -2.07. The third-order valence-electron chi connectivity index (χ3n) is 3.03.